The van der Waals surface area contributed by atoms with E-state index in [-0.39, 0.29) is 12.1 Å². The zero-order chi connectivity index (χ0) is 14.1. The van der Waals surface area contributed by atoms with Crippen molar-refractivity contribution in [2.24, 2.45) is 0 Å². The Kier molecular flexibility index (Phi) is 3.76. The van der Waals surface area contributed by atoms with E-state index < -0.39 is 0 Å². The lowest BCUT2D eigenvalue weighted by molar-refractivity contribution is -0.128. The van der Waals surface area contributed by atoms with E-state index in [2.05, 4.69) is 48.5 Å². The van der Waals surface area contributed by atoms with Gasteiger partial charge in [0.2, 0.25) is 5.91 Å². The molecule has 20 heavy (non-hydrogen) atoms. The topological polar surface area (TPSA) is 35.6 Å². The van der Waals surface area contributed by atoms with Crippen molar-refractivity contribution in [1.29, 1.82) is 0 Å². The van der Waals surface area contributed by atoms with Gasteiger partial charge in [-0.05, 0) is 32.4 Å². The van der Waals surface area contributed by atoms with Gasteiger partial charge in [0.1, 0.15) is 6.17 Å². The Hall–Kier alpha value is -1.39. The third-order valence-electron chi connectivity index (χ3n) is 4.30. The summed E-state index contributed by atoms with van der Waals surface area (Å²) in [7, 11) is 2.16. The van der Waals surface area contributed by atoms with Crippen LogP contribution in [0.15, 0.2) is 24.3 Å². The van der Waals surface area contributed by atoms with Gasteiger partial charge in [-0.25, -0.2) is 0 Å². The maximum Gasteiger partial charge on any atom is 0.238 e. The second-order valence-corrected chi connectivity index (χ2v) is 6.00. The van der Waals surface area contributed by atoms with Crippen LogP contribution in [-0.4, -0.2) is 48.4 Å². The number of hydrogen-bond donors (Lipinski definition) is 1. The van der Waals surface area contributed by atoms with Crippen LogP contribution in [0.1, 0.15) is 30.1 Å². The number of carbonyl (C=O) groups is 1. The smallest absolute Gasteiger partial charge is 0.238 e. The van der Waals surface area contributed by atoms with E-state index in [1.807, 2.05) is 4.90 Å². The highest BCUT2D eigenvalue weighted by atomic mass is 16.2. The number of benzene rings is 1. The number of nitrogens with zero attached hydrogens (tertiary/aromatic N) is 2. The molecule has 1 aromatic carbocycles. The van der Waals surface area contributed by atoms with Crippen molar-refractivity contribution in [3.63, 3.8) is 0 Å². The van der Waals surface area contributed by atoms with Crippen LogP contribution in [0, 0.1) is 6.92 Å². The summed E-state index contributed by atoms with van der Waals surface area (Å²) in [5.74, 6) is 0.209. The van der Waals surface area contributed by atoms with E-state index in [1.54, 1.807) is 0 Å². The third kappa shape index (κ3) is 2.86. The zero-order valence-corrected chi connectivity index (χ0v) is 12.3. The summed E-state index contributed by atoms with van der Waals surface area (Å²) in [4.78, 5) is 16.4. The molecule has 1 atom stereocenters. The first-order chi connectivity index (χ1) is 9.65. The van der Waals surface area contributed by atoms with Crippen LogP contribution >= 0.6 is 0 Å². The minimum atomic E-state index is 0.0370. The molecule has 1 aliphatic carbocycles. The number of likely N-dealkylation sites (N-methyl/N-ethyl adjacent to an activating group) is 1. The molecule has 2 aliphatic rings. The highest BCUT2D eigenvalue weighted by Crippen LogP contribution is 2.26. The van der Waals surface area contributed by atoms with E-state index in [0.29, 0.717) is 6.54 Å². The molecule has 2 fully saturated rings. The van der Waals surface area contributed by atoms with E-state index in [1.165, 1.54) is 24.0 Å². The molecule has 0 bridgehead atoms. The van der Waals surface area contributed by atoms with Gasteiger partial charge in [0.15, 0.2) is 0 Å². The number of hydrogen-bond acceptors (Lipinski definition) is 3. The summed E-state index contributed by atoms with van der Waals surface area (Å²) in [6.07, 6.45) is 2.66. The molecule has 0 spiro atoms. The summed E-state index contributed by atoms with van der Waals surface area (Å²) < 4.78 is 0. The molecule has 0 radical (unpaired) electrons. The number of carbonyl (C=O) groups excluding carboxylic acids is 1. The molecule has 108 valence electrons. The third-order valence-corrected chi connectivity index (χ3v) is 4.30. The molecule has 1 saturated carbocycles. The molecule has 1 unspecified atom stereocenters. The predicted molar refractivity (Wildman–Crippen MR) is 79.3 cm³/mol. The lowest BCUT2D eigenvalue weighted by Crippen LogP contribution is -2.37. The van der Waals surface area contributed by atoms with Crippen molar-refractivity contribution in [1.82, 2.24) is 15.1 Å². The maximum absolute atomic E-state index is 12.1. The Labute approximate surface area is 120 Å². The van der Waals surface area contributed by atoms with Gasteiger partial charge in [0, 0.05) is 19.1 Å². The minimum Gasteiger partial charge on any atom is -0.321 e. The maximum atomic E-state index is 12.1. The Morgan fingerprint density at radius 3 is 2.90 bits per heavy atom. The van der Waals surface area contributed by atoms with Crippen LogP contribution in [0.25, 0.3) is 0 Å². The Bertz CT molecular complexity index is 498. The highest BCUT2D eigenvalue weighted by molar-refractivity contribution is 5.81. The minimum absolute atomic E-state index is 0.0370. The summed E-state index contributed by atoms with van der Waals surface area (Å²) in [5, 5.41) is 3.33. The number of amides is 1. The van der Waals surface area contributed by atoms with Crippen molar-refractivity contribution in [3.05, 3.63) is 35.4 Å². The van der Waals surface area contributed by atoms with Crippen molar-refractivity contribution in [2.45, 2.75) is 32.0 Å². The molecule has 4 nitrogen and oxygen atoms in total. The molecule has 1 heterocycles. The zero-order valence-electron chi connectivity index (χ0n) is 12.3. The van der Waals surface area contributed by atoms with Crippen LogP contribution in [-0.2, 0) is 4.79 Å². The Morgan fingerprint density at radius 2 is 2.20 bits per heavy atom. The average Bonchev–Trinajstić information content (AvgIpc) is 3.21. The standard InChI is InChI=1S/C16H23N3O/c1-12-4-3-5-13(10-12)16-17-11-15(20)19(16)9-8-18(2)14-6-7-14/h3-5,10,14,16-17H,6-9,11H2,1-2H3. The van der Waals surface area contributed by atoms with Gasteiger partial charge in [-0.1, -0.05) is 29.8 Å². The monoisotopic (exact) mass is 273 g/mol. The van der Waals surface area contributed by atoms with Gasteiger partial charge in [0.25, 0.3) is 0 Å². The van der Waals surface area contributed by atoms with Crippen molar-refractivity contribution >= 4 is 5.91 Å². The molecule has 3 rings (SSSR count). The highest BCUT2D eigenvalue weighted by Gasteiger charge is 2.32. The van der Waals surface area contributed by atoms with Gasteiger partial charge < -0.3 is 9.80 Å². The van der Waals surface area contributed by atoms with Crippen LogP contribution in [0.3, 0.4) is 0 Å². The Morgan fingerprint density at radius 1 is 1.40 bits per heavy atom. The quantitative estimate of drug-likeness (QED) is 0.883. The van der Waals surface area contributed by atoms with Crippen molar-refractivity contribution in [3.8, 4) is 0 Å². The van der Waals surface area contributed by atoms with Crippen LogP contribution < -0.4 is 5.32 Å². The first kappa shape index (κ1) is 13.6. The second kappa shape index (κ2) is 5.54. The predicted octanol–water partition coefficient (Wildman–Crippen LogP) is 1.52. The van der Waals surface area contributed by atoms with Gasteiger partial charge in [-0.2, -0.15) is 0 Å². The van der Waals surface area contributed by atoms with Crippen LogP contribution in [0.4, 0.5) is 0 Å². The van der Waals surface area contributed by atoms with Gasteiger partial charge in [-0.15, -0.1) is 0 Å². The fourth-order valence-electron chi connectivity index (χ4n) is 2.89. The fourth-order valence-corrected chi connectivity index (χ4v) is 2.89. The normalized spacial score (nSPS) is 22.9. The first-order valence-corrected chi connectivity index (χ1v) is 7.45. The van der Waals surface area contributed by atoms with Crippen LogP contribution in [0.2, 0.25) is 0 Å². The van der Waals surface area contributed by atoms with Gasteiger partial charge >= 0.3 is 0 Å². The summed E-state index contributed by atoms with van der Waals surface area (Å²) in [6.45, 7) is 4.30. The molecule has 1 saturated heterocycles. The van der Waals surface area contributed by atoms with E-state index >= 15 is 0 Å². The van der Waals surface area contributed by atoms with E-state index in [0.717, 1.165) is 19.1 Å². The van der Waals surface area contributed by atoms with Gasteiger partial charge in [-0.3, -0.25) is 10.1 Å². The van der Waals surface area contributed by atoms with Gasteiger partial charge in [0.05, 0.1) is 6.54 Å². The fraction of sp³-hybridized carbons (Fsp3) is 0.562. The molecule has 1 aromatic rings. The average molecular weight is 273 g/mol. The molecule has 1 N–H and O–H groups in total. The summed E-state index contributed by atoms with van der Waals surface area (Å²) in [5.41, 5.74) is 2.42. The molecule has 0 aromatic heterocycles. The van der Waals surface area contributed by atoms with Crippen LogP contribution in [0.5, 0.6) is 0 Å². The number of aryl methyl sites for hydroxylation is 1. The largest absolute Gasteiger partial charge is 0.321 e. The second-order valence-electron chi connectivity index (χ2n) is 6.00. The molecular weight excluding hydrogens is 250 g/mol. The number of nitrogens with one attached hydrogen (secondary N) is 1. The summed E-state index contributed by atoms with van der Waals surface area (Å²) >= 11 is 0. The molecule has 1 aliphatic heterocycles. The lowest BCUT2D eigenvalue weighted by atomic mass is 10.1. The molecule has 4 heteroatoms. The number of rotatable bonds is 5. The van der Waals surface area contributed by atoms with E-state index in [4.69, 9.17) is 0 Å². The van der Waals surface area contributed by atoms with Crippen molar-refractivity contribution < 1.29 is 4.79 Å². The SMILES string of the molecule is Cc1cccc(C2NCC(=O)N2CCN(C)C2CC2)c1. The van der Waals surface area contributed by atoms with E-state index in [9.17, 15) is 4.79 Å². The van der Waals surface area contributed by atoms with Crippen molar-refractivity contribution in [2.75, 3.05) is 26.7 Å². The first-order valence-electron chi connectivity index (χ1n) is 7.45. The molecular formula is C16H23N3O. The lowest BCUT2D eigenvalue weighted by Gasteiger charge is -2.27. The molecule has 1 amide bonds. The summed E-state index contributed by atoms with van der Waals surface area (Å²) in [6, 6.07) is 9.15. The Balaban J connectivity index is 1.68.